The Bertz CT molecular complexity index is 967. The third-order valence-electron chi connectivity index (χ3n) is 4.24. The van der Waals surface area contributed by atoms with E-state index < -0.39 is 29.7 Å². The highest BCUT2D eigenvalue weighted by Crippen LogP contribution is 2.26. The minimum absolute atomic E-state index is 0.0000914. The van der Waals surface area contributed by atoms with Gasteiger partial charge in [0.05, 0.1) is 11.3 Å². The van der Waals surface area contributed by atoms with E-state index in [1.165, 1.54) is 18.2 Å². The van der Waals surface area contributed by atoms with Crippen molar-refractivity contribution in [1.29, 1.82) is 0 Å². The van der Waals surface area contributed by atoms with Gasteiger partial charge in [-0.25, -0.2) is 4.79 Å². The van der Waals surface area contributed by atoms with Gasteiger partial charge < -0.3 is 16.2 Å². The highest BCUT2D eigenvalue weighted by molar-refractivity contribution is 6.15. The minimum atomic E-state index is -1.20. The number of rotatable bonds is 6. The number of anilines is 1. The number of nitrogens with zero attached hydrogens (tertiary/aromatic N) is 1. The summed E-state index contributed by atoms with van der Waals surface area (Å²) in [6.45, 7) is 0. The molecule has 0 radical (unpaired) electrons. The fourth-order valence-electron chi connectivity index (χ4n) is 2.86. The Balaban J connectivity index is 1.91. The number of carbonyl (C=O) groups excluding carboxylic acids is 4. The highest BCUT2D eigenvalue weighted by atomic mass is 16.5. The van der Waals surface area contributed by atoms with E-state index in [9.17, 15) is 19.2 Å². The molecule has 1 atom stereocenters. The number of primary amides is 1. The van der Waals surface area contributed by atoms with Crippen LogP contribution in [0.2, 0.25) is 0 Å². The number of nitrogen functional groups attached to an aromatic ring is 1. The second kappa shape index (κ2) is 7.75. The number of hydrogen-bond donors (Lipinski definition) is 2. The zero-order valence-electron chi connectivity index (χ0n) is 14.7. The van der Waals surface area contributed by atoms with Crippen molar-refractivity contribution in [2.24, 2.45) is 5.73 Å². The molecule has 8 nitrogen and oxygen atoms in total. The van der Waals surface area contributed by atoms with Gasteiger partial charge in [-0.15, -0.1) is 0 Å². The van der Waals surface area contributed by atoms with E-state index in [-0.39, 0.29) is 23.4 Å². The molecule has 0 fully saturated rings. The number of esters is 1. The summed E-state index contributed by atoms with van der Waals surface area (Å²) in [5.74, 6) is -2.93. The van der Waals surface area contributed by atoms with E-state index in [1.807, 2.05) is 0 Å². The van der Waals surface area contributed by atoms with E-state index >= 15 is 0 Å². The Kier molecular flexibility index (Phi) is 5.21. The van der Waals surface area contributed by atoms with E-state index in [0.717, 1.165) is 22.6 Å². The number of hydrogen-bond acceptors (Lipinski definition) is 6. The van der Waals surface area contributed by atoms with Crippen molar-refractivity contribution in [3.05, 3.63) is 71.8 Å². The Morgan fingerprint density at radius 2 is 1.61 bits per heavy atom. The molecule has 0 aliphatic carbocycles. The van der Waals surface area contributed by atoms with Crippen LogP contribution in [0.15, 0.2) is 60.7 Å². The van der Waals surface area contributed by atoms with E-state index in [0.29, 0.717) is 0 Å². The monoisotopic (exact) mass is 379 g/mol. The Morgan fingerprint density at radius 3 is 2.21 bits per heavy atom. The molecule has 3 rings (SSSR count). The van der Waals surface area contributed by atoms with Crippen molar-refractivity contribution in [3.63, 3.8) is 0 Å². The van der Waals surface area contributed by atoms with Crippen LogP contribution in [0, 0.1) is 0 Å². The Labute approximate surface area is 160 Å². The van der Waals surface area contributed by atoms with Crippen molar-refractivity contribution in [3.8, 4) is 5.75 Å². The standard InChI is InChI=1S/C20H17N3O5/c21-18-13(19(22)26)7-4-8-15(18)28-20(27)14(11-12-5-2-1-3-6-12)23-16(24)9-10-17(23)25/h1-10,14H,11,21H2,(H2,22,26). The second-order valence-corrected chi connectivity index (χ2v) is 6.09. The number of ether oxygens (including phenoxy) is 1. The number of imide groups is 1. The lowest BCUT2D eigenvalue weighted by atomic mass is 10.0. The van der Waals surface area contributed by atoms with Gasteiger partial charge in [-0.2, -0.15) is 0 Å². The van der Waals surface area contributed by atoms with Crippen LogP contribution in [-0.2, 0) is 20.8 Å². The van der Waals surface area contributed by atoms with Crippen LogP contribution >= 0.6 is 0 Å². The Morgan fingerprint density at radius 1 is 0.964 bits per heavy atom. The molecule has 0 aromatic heterocycles. The summed E-state index contributed by atoms with van der Waals surface area (Å²) in [6, 6.07) is 11.9. The summed E-state index contributed by atoms with van der Waals surface area (Å²) in [5, 5.41) is 0. The predicted octanol–water partition coefficient (Wildman–Crippen LogP) is 0.809. The molecule has 0 saturated heterocycles. The molecule has 4 N–H and O–H groups in total. The zero-order valence-corrected chi connectivity index (χ0v) is 14.7. The molecule has 1 unspecified atom stereocenters. The van der Waals surface area contributed by atoms with Crippen LogP contribution in [0.5, 0.6) is 5.75 Å². The number of nitrogens with two attached hydrogens (primary N) is 2. The van der Waals surface area contributed by atoms with Gasteiger partial charge in [0.1, 0.15) is 6.04 Å². The second-order valence-electron chi connectivity index (χ2n) is 6.09. The first-order chi connectivity index (χ1) is 13.4. The fourth-order valence-corrected chi connectivity index (χ4v) is 2.86. The highest BCUT2D eigenvalue weighted by Gasteiger charge is 2.37. The lowest BCUT2D eigenvalue weighted by Crippen LogP contribution is -2.48. The fraction of sp³-hybridized carbons (Fsp3) is 0.100. The predicted molar refractivity (Wildman–Crippen MR) is 99.9 cm³/mol. The van der Waals surface area contributed by atoms with Crippen LogP contribution in [-0.4, -0.2) is 34.6 Å². The van der Waals surface area contributed by atoms with Crippen molar-refractivity contribution >= 4 is 29.4 Å². The average molecular weight is 379 g/mol. The largest absolute Gasteiger partial charge is 0.423 e. The smallest absolute Gasteiger partial charge is 0.335 e. The van der Waals surface area contributed by atoms with Gasteiger partial charge in [0.2, 0.25) is 0 Å². The third kappa shape index (κ3) is 3.75. The number of carbonyl (C=O) groups is 4. The van der Waals surface area contributed by atoms with E-state index in [2.05, 4.69) is 0 Å². The summed E-state index contributed by atoms with van der Waals surface area (Å²) in [4.78, 5) is 49.3. The molecule has 142 valence electrons. The SMILES string of the molecule is NC(=O)c1cccc(OC(=O)C(Cc2ccccc2)N2C(=O)C=CC2=O)c1N. The molecule has 1 heterocycles. The summed E-state index contributed by atoms with van der Waals surface area (Å²) >= 11 is 0. The summed E-state index contributed by atoms with van der Waals surface area (Å²) in [6.07, 6.45) is 2.25. The molecular formula is C20H17N3O5. The molecule has 1 aliphatic heterocycles. The normalized spacial score (nSPS) is 14.2. The number of amides is 3. The van der Waals surface area contributed by atoms with Gasteiger partial charge in [0, 0.05) is 18.6 Å². The van der Waals surface area contributed by atoms with Gasteiger partial charge in [-0.1, -0.05) is 36.4 Å². The maximum absolute atomic E-state index is 12.9. The molecule has 8 heteroatoms. The van der Waals surface area contributed by atoms with Gasteiger partial charge in [0.15, 0.2) is 5.75 Å². The van der Waals surface area contributed by atoms with Crippen molar-refractivity contribution in [1.82, 2.24) is 4.90 Å². The van der Waals surface area contributed by atoms with Crippen molar-refractivity contribution in [2.45, 2.75) is 12.5 Å². The first-order valence-corrected chi connectivity index (χ1v) is 8.37. The van der Waals surface area contributed by atoms with Crippen molar-refractivity contribution in [2.75, 3.05) is 5.73 Å². The topological polar surface area (TPSA) is 133 Å². The van der Waals surface area contributed by atoms with Gasteiger partial charge >= 0.3 is 5.97 Å². The minimum Gasteiger partial charge on any atom is -0.423 e. The van der Waals surface area contributed by atoms with Gasteiger partial charge in [-0.05, 0) is 17.7 Å². The van der Waals surface area contributed by atoms with E-state index in [1.54, 1.807) is 30.3 Å². The third-order valence-corrected chi connectivity index (χ3v) is 4.24. The molecule has 3 amide bonds. The lowest BCUT2D eigenvalue weighted by molar-refractivity contribution is -0.151. The molecule has 0 saturated carbocycles. The lowest BCUT2D eigenvalue weighted by Gasteiger charge is -2.25. The number of para-hydroxylation sites is 1. The van der Waals surface area contributed by atoms with Crippen LogP contribution in [0.3, 0.4) is 0 Å². The molecule has 0 spiro atoms. The molecule has 2 aromatic rings. The van der Waals surface area contributed by atoms with Crippen molar-refractivity contribution < 1.29 is 23.9 Å². The van der Waals surface area contributed by atoms with Crippen LogP contribution in [0.1, 0.15) is 15.9 Å². The molecule has 28 heavy (non-hydrogen) atoms. The van der Waals surface area contributed by atoms with Crippen LogP contribution in [0.25, 0.3) is 0 Å². The van der Waals surface area contributed by atoms with Gasteiger partial charge in [0.25, 0.3) is 17.7 Å². The van der Waals surface area contributed by atoms with Crippen LogP contribution < -0.4 is 16.2 Å². The summed E-state index contributed by atoms with van der Waals surface area (Å²) in [7, 11) is 0. The molecule has 2 aromatic carbocycles. The average Bonchev–Trinajstić information content (AvgIpc) is 3.00. The molecule has 0 bridgehead atoms. The molecular weight excluding hydrogens is 362 g/mol. The zero-order chi connectivity index (χ0) is 20.3. The maximum atomic E-state index is 12.9. The summed E-state index contributed by atoms with van der Waals surface area (Å²) < 4.78 is 5.33. The number of benzene rings is 2. The Hall–Kier alpha value is -3.94. The maximum Gasteiger partial charge on any atom is 0.335 e. The quantitative estimate of drug-likeness (QED) is 0.330. The first-order valence-electron chi connectivity index (χ1n) is 8.37. The first kappa shape index (κ1) is 18.8. The molecule has 1 aliphatic rings. The van der Waals surface area contributed by atoms with E-state index in [4.69, 9.17) is 16.2 Å². The summed E-state index contributed by atoms with van der Waals surface area (Å²) in [5.41, 5.74) is 11.7. The van der Waals surface area contributed by atoms with Gasteiger partial charge in [-0.3, -0.25) is 19.3 Å². The van der Waals surface area contributed by atoms with Crippen LogP contribution in [0.4, 0.5) is 5.69 Å².